The smallest absolute Gasteiger partial charge is 0.230 e. The lowest BCUT2D eigenvalue weighted by atomic mass is 10.3. The van der Waals surface area contributed by atoms with Crippen molar-refractivity contribution in [3.63, 3.8) is 0 Å². The van der Waals surface area contributed by atoms with Gasteiger partial charge in [0.2, 0.25) is 11.9 Å². The number of hydrogen-bond acceptors (Lipinski definition) is 7. The average Bonchev–Trinajstić information content (AvgIpc) is 2.89. The van der Waals surface area contributed by atoms with Crippen molar-refractivity contribution in [3.05, 3.63) is 0 Å². The number of hydrogen-bond donors (Lipinski definition) is 2. The Morgan fingerprint density at radius 2 is 2.24 bits per heavy atom. The summed E-state index contributed by atoms with van der Waals surface area (Å²) in [4.78, 5) is 11.9. The van der Waals surface area contributed by atoms with Crippen molar-refractivity contribution in [3.8, 4) is 0 Å². The second-order valence-electron chi connectivity index (χ2n) is 5.26. The highest BCUT2D eigenvalue weighted by molar-refractivity contribution is 7.99. The molecule has 1 aromatic heterocycles. The summed E-state index contributed by atoms with van der Waals surface area (Å²) in [5, 5.41) is 11.0. The number of nitrogens with zero attached hydrogens (tertiary/aromatic N) is 3. The van der Waals surface area contributed by atoms with Crippen LogP contribution in [0.15, 0.2) is 5.16 Å². The molecule has 0 aliphatic carbocycles. The van der Waals surface area contributed by atoms with E-state index in [1.807, 2.05) is 13.8 Å². The van der Waals surface area contributed by atoms with Crippen molar-refractivity contribution < 1.29 is 13.2 Å². The van der Waals surface area contributed by atoms with Crippen molar-refractivity contribution in [1.29, 1.82) is 0 Å². The number of sulfone groups is 1. The third-order valence-electron chi connectivity index (χ3n) is 3.14. The van der Waals surface area contributed by atoms with Crippen LogP contribution in [0.4, 0.5) is 5.95 Å². The second-order valence-corrected chi connectivity index (χ2v) is 8.43. The largest absolute Gasteiger partial charge is 0.368 e. The molecule has 2 heterocycles. The van der Waals surface area contributed by atoms with Crippen LogP contribution < -0.4 is 11.1 Å². The van der Waals surface area contributed by atoms with Gasteiger partial charge in [-0.25, -0.2) is 8.42 Å². The lowest BCUT2D eigenvalue weighted by Gasteiger charge is -2.12. The van der Waals surface area contributed by atoms with Crippen LogP contribution in [-0.2, 0) is 14.6 Å². The lowest BCUT2D eigenvalue weighted by molar-refractivity contribution is -0.119. The third kappa shape index (κ3) is 4.10. The van der Waals surface area contributed by atoms with Gasteiger partial charge >= 0.3 is 0 Å². The van der Waals surface area contributed by atoms with Crippen LogP contribution in [0.2, 0.25) is 0 Å². The Balaban J connectivity index is 1.87. The number of aromatic nitrogens is 3. The minimum Gasteiger partial charge on any atom is -0.368 e. The lowest BCUT2D eigenvalue weighted by Crippen LogP contribution is -2.36. The Bertz CT molecular complexity index is 626. The molecular formula is C11H19N5O3S2. The van der Waals surface area contributed by atoms with Gasteiger partial charge in [0, 0.05) is 12.1 Å². The molecule has 10 heteroatoms. The van der Waals surface area contributed by atoms with Crippen molar-refractivity contribution in [1.82, 2.24) is 20.1 Å². The molecule has 1 amide bonds. The van der Waals surface area contributed by atoms with Gasteiger partial charge < -0.3 is 11.1 Å². The van der Waals surface area contributed by atoms with E-state index in [4.69, 9.17) is 5.73 Å². The number of carbonyl (C=O) groups is 1. The summed E-state index contributed by atoms with van der Waals surface area (Å²) in [5.74, 6) is 0.428. The van der Waals surface area contributed by atoms with Gasteiger partial charge in [0.25, 0.3) is 0 Å². The van der Waals surface area contributed by atoms with Crippen molar-refractivity contribution in [2.75, 3.05) is 23.0 Å². The van der Waals surface area contributed by atoms with Crippen LogP contribution in [0.25, 0.3) is 0 Å². The Morgan fingerprint density at radius 1 is 1.52 bits per heavy atom. The van der Waals surface area contributed by atoms with E-state index >= 15 is 0 Å². The summed E-state index contributed by atoms with van der Waals surface area (Å²) in [5.41, 5.74) is 5.72. The van der Waals surface area contributed by atoms with E-state index in [0.717, 1.165) is 0 Å². The third-order valence-corrected chi connectivity index (χ3v) is 5.85. The topological polar surface area (TPSA) is 120 Å². The maximum atomic E-state index is 11.9. The molecule has 21 heavy (non-hydrogen) atoms. The normalized spacial score (nSPS) is 20.8. The van der Waals surface area contributed by atoms with Crippen LogP contribution in [0.3, 0.4) is 0 Å². The van der Waals surface area contributed by atoms with Crippen molar-refractivity contribution in [2.24, 2.45) is 0 Å². The minimum absolute atomic E-state index is 0.0263. The summed E-state index contributed by atoms with van der Waals surface area (Å²) >= 11 is 1.24. The standard InChI is InChI=1S/C11H19N5O3S2/c1-7(2)16-10(12)14-15-11(16)20-5-9(17)13-8-3-4-21(18,19)6-8/h7-8H,3-6H2,1-2H3,(H2,12,14)(H,13,17). The molecule has 3 N–H and O–H groups in total. The van der Waals surface area contributed by atoms with Gasteiger partial charge in [-0.15, -0.1) is 10.2 Å². The molecule has 1 aliphatic heterocycles. The molecule has 1 atom stereocenters. The van der Waals surface area contributed by atoms with Gasteiger partial charge in [0.1, 0.15) is 0 Å². The summed E-state index contributed by atoms with van der Waals surface area (Å²) in [6.07, 6.45) is 0.480. The SMILES string of the molecule is CC(C)n1c(N)nnc1SCC(=O)NC1CCS(=O)(=O)C1. The predicted molar refractivity (Wildman–Crippen MR) is 80.7 cm³/mol. The highest BCUT2D eigenvalue weighted by Crippen LogP contribution is 2.22. The molecule has 0 aromatic carbocycles. The maximum absolute atomic E-state index is 11.9. The summed E-state index contributed by atoms with van der Waals surface area (Å²) in [6, 6.07) is -0.179. The van der Waals surface area contributed by atoms with Crippen molar-refractivity contribution in [2.45, 2.75) is 37.5 Å². The Morgan fingerprint density at radius 3 is 2.81 bits per heavy atom. The highest BCUT2D eigenvalue weighted by atomic mass is 32.2. The number of thioether (sulfide) groups is 1. The number of carbonyl (C=O) groups excluding carboxylic acids is 1. The van der Waals surface area contributed by atoms with E-state index in [9.17, 15) is 13.2 Å². The van der Waals surface area contributed by atoms with E-state index in [1.54, 1.807) is 4.57 Å². The molecule has 0 bridgehead atoms. The molecule has 1 aliphatic rings. The summed E-state index contributed by atoms with van der Waals surface area (Å²) < 4.78 is 24.4. The zero-order valence-electron chi connectivity index (χ0n) is 11.9. The molecule has 1 unspecified atom stereocenters. The molecule has 2 rings (SSSR count). The molecular weight excluding hydrogens is 314 g/mol. The first kappa shape index (κ1) is 16.1. The van der Waals surface area contributed by atoms with Gasteiger partial charge in [-0.2, -0.15) is 0 Å². The molecule has 1 saturated heterocycles. The van der Waals surface area contributed by atoms with Crippen LogP contribution in [-0.4, -0.2) is 52.4 Å². The molecule has 0 saturated carbocycles. The number of nitrogens with two attached hydrogens (primary N) is 1. The number of rotatable bonds is 5. The number of nitrogens with one attached hydrogen (secondary N) is 1. The van der Waals surface area contributed by atoms with Gasteiger partial charge in [0.05, 0.1) is 17.3 Å². The highest BCUT2D eigenvalue weighted by Gasteiger charge is 2.28. The zero-order chi connectivity index (χ0) is 15.6. The van der Waals surface area contributed by atoms with E-state index in [1.165, 1.54) is 11.8 Å². The Kier molecular flexibility index (Phi) is 4.77. The average molecular weight is 333 g/mol. The quantitative estimate of drug-likeness (QED) is 0.718. The van der Waals surface area contributed by atoms with Crippen LogP contribution >= 0.6 is 11.8 Å². The Labute approximate surface area is 127 Å². The monoisotopic (exact) mass is 333 g/mol. The number of amides is 1. The molecule has 0 radical (unpaired) electrons. The minimum atomic E-state index is -2.99. The maximum Gasteiger partial charge on any atom is 0.230 e. The van der Waals surface area contributed by atoms with E-state index < -0.39 is 9.84 Å². The van der Waals surface area contributed by atoms with Crippen LogP contribution in [0, 0.1) is 0 Å². The first-order chi connectivity index (χ1) is 9.78. The fraction of sp³-hybridized carbons (Fsp3) is 0.727. The van der Waals surface area contributed by atoms with E-state index in [-0.39, 0.29) is 35.2 Å². The second kappa shape index (κ2) is 6.22. The number of nitrogen functional groups attached to an aromatic ring is 1. The summed E-state index contributed by atoms with van der Waals surface area (Å²) in [6.45, 7) is 3.90. The van der Waals surface area contributed by atoms with Crippen LogP contribution in [0.5, 0.6) is 0 Å². The van der Waals surface area contributed by atoms with Gasteiger partial charge in [0.15, 0.2) is 15.0 Å². The predicted octanol–water partition coefficient (Wildman–Crippen LogP) is -0.163. The van der Waals surface area contributed by atoms with Gasteiger partial charge in [-0.3, -0.25) is 9.36 Å². The molecule has 1 aromatic rings. The van der Waals surface area contributed by atoms with Crippen molar-refractivity contribution >= 4 is 33.5 Å². The molecule has 0 spiro atoms. The molecule has 118 valence electrons. The number of anilines is 1. The molecule has 1 fully saturated rings. The van der Waals surface area contributed by atoms with Gasteiger partial charge in [-0.05, 0) is 20.3 Å². The van der Waals surface area contributed by atoms with E-state index in [0.29, 0.717) is 17.5 Å². The fourth-order valence-corrected chi connectivity index (χ4v) is 4.74. The van der Waals surface area contributed by atoms with E-state index in [2.05, 4.69) is 15.5 Å². The summed E-state index contributed by atoms with van der Waals surface area (Å²) in [7, 11) is -2.99. The molecule has 8 nitrogen and oxygen atoms in total. The first-order valence-electron chi connectivity index (χ1n) is 6.61. The fourth-order valence-electron chi connectivity index (χ4n) is 2.18. The zero-order valence-corrected chi connectivity index (χ0v) is 13.6. The van der Waals surface area contributed by atoms with Gasteiger partial charge in [-0.1, -0.05) is 11.8 Å². The van der Waals surface area contributed by atoms with Crippen LogP contribution in [0.1, 0.15) is 26.3 Å². The Hall–Kier alpha value is -1.29. The first-order valence-corrected chi connectivity index (χ1v) is 9.42.